The molecule has 1 aliphatic carbocycles. The average molecular weight is 428 g/mol. The number of thioether (sulfide) groups is 1. The number of hydrogen-bond acceptors (Lipinski definition) is 5. The number of benzene rings is 1. The van der Waals surface area contributed by atoms with E-state index in [1.165, 1.54) is 28.7 Å². The lowest BCUT2D eigenvalue weighted by Gasteiger charge is -2.19. The van der Waals surface area contributed by atoms with Gasteiger partial charge in [0.25, 0.3) is 5.56 Å². The smallest absolute Gasteiger partial charge is 0.262 e. The van der Waals surface area contributed by atoms with E-state index in [2.05, 4.69) is 41.5 Å². The van der Waals surface area contributed by atoms with Gasteiger partial charge in [0.1, 0.15) is 4.83 Å². The van der Waals surface area contributed by atoms with E-state index < -0.39 is 0 Å². The van der Waals surface area contributed by atoms with Crippen molar-refractivity contribution in [3.63, 3.8) is 0 Å². The van der Waals surface area contributed by atoms with Crippen LogP contribution >= 0.6 is 23.1 Å². The summed E-state index contributed by atoms with van der Waals surface area (Å²) < 4.78 is 1.55. The van der Waals surface area contributed by atoms with Crippen molar-refractivity contribution in [1.82, 2.24) is 14.9 Å². The first kappa shape index (κ1) is 20.2. The maximum absolute atomic E-state index is 12.7. The zero-order valence-corrected chi connectivity index (χ0v) is 18.7. The molecule has 1 amide bonds. The summed E-state index contributed by atoms with van der Waals surface area (Å²) in [5, 5.41) is 4.47. The van der Waals surface area contributed by atoms with Gasteiger partial charge in [-0.25, -0.2) is 4.98 Å². The molecular weight excluding hydrogens is 402 g/mol. The van der Waals surface area contributed by atoms with Crippen molar-refractivity contribution in [3.05, 3.63) is 56.2 Å². The number of fused-ring (bicyclic) bond motifs is 1. The Morgan fingerprint density at radius 3 is 2.62 bits per heavy atom. The lowest BCUT2D eigenvalue weighted by molar-refractivity contribution is -0.119. The van der Waals surface area contributed by atoms with Crippen molar-refractivity contribution in [2.24, 2.45) is 13.0 Å². The van der Waals surface area contributed by atoms with E-state index >= 15 is 0 Å². The van der Waals surface area contributed by atoms with Crippen molar-refractivity contribution in [3.8, 4) is 0 Å². The van der Waals surface area contributed by atoms with Crippen molar-refractivity contribution in [1.29, 1.82) is 0 Å². The largest absolute Gasteiger partial charge is 0.348 e. The van der Waals surface area contributed by atoms with Gasteiger partial charge >= 0.3 is 0 Å². The highest BCUT2D eigenvalue weighted by Crippen LogP contribution is 2.41. The molecule has 1 N–H and O–H groups in total. The summed E-state index contributed by atoms with van der Waals surface area (Å²) in [4.78, 5) is 31.9. The normalized spacial score (nSPS) is 14.9. The molecular formula is C22H25N3O2S2. The van der Waals surface area contributed by atoms with E-state index in [9.17, 15) is 9.59 Å². The van der Waals surface area contributed by atoms with Gasteiger partial charge in [-0.1, -0.05) is 41.6 Å². The fraction of sp³-hybridized carbons (Fsp3) is 0.409. The zero-order chi connectivity index (χ0) is 20.7. The summed E-state index contributed by atoms with van der Waals surface area (Å²) in [6.07, 6.45) is 2.30. The molecule has 1 fully saturated rings. The molecule has 1 saturated carbocycles. The Balaban J connectivity index is 1.48. The molecule has 7 heteroatoms. The van der Waals surface area contributed by atoms with Crippen molar-refractivity contribution in [2.45, 2.75) is 44.8 Å². The molecule has 2 aromatic heterocycles. The van der Waals surface area contributed by atoms with Crippen molar-refractivity contribution >= 4 is 39.2 Å². The van der Waals surface area contributed by atoms with E-state index in [1.807, 2.05) is 13.8 Å². The summed E-state index contributed by atoms with van der Waals surface area (Å²) in [5.74, 6) is 0.729. The number of hydrogen-bond donors (Lipinski definition) is 1. The molecule has 0 bridgehead atoms. The highest BCUT2D eigenvalue weighted by Gasteiger charge is 2.33. The van der Waals surface area contributed by atoms with Crippen LogP contribution < -0.4 is 10.9 Å². The number of amides is 1. The van der Waals surface area contributed by atoms with Crippen LogP contribution in [-0.2, 0) is 11.8 Å². The molecule has 0 spiro atoms. The first-order valence-corrected chi connectivity index (χ1v) is 11.6. The van der Waals surface area contributed by atoms with Crippen LogP contribution in [0.2, 0.25) is 0 Å². The number of carbonyl (C=O) groups is 1. The van der Waals surface area contributed by atoms with Crippen LogP contribution in [0.15, 0.2) is 34.2 Å². The molecule has 29 heavy (non-hydrogen) atoms. The molecule has 1 atom stereocenters. The van der Waals surface area contributed by atoms with Gasteiger partial charge in [0.2, 0.25) is 5.91 Å². The minimum atomic E-state index is -0.0460. The van der Waals surface area contributed by atoms with E-state index in [4.69, 9.17) is 0 Å². The molecule has 0 aliphatic heterocycles. The molecule has 2 heterocycles. The summed E-state index contributed by atoms with van der Waals surface area (Å²) in [5.41, 5.74) is 3.33. The molecule has 4 rings (SSSR count). The summed E-state index contributed by atoms with van der Waals surface area (Å²) in [6.45, 7) is 6.03. The zero-order valence-electron chi connectivity index (χ0n) is 17.1. The van der Waals surface area contributed by atoms with Crippen LogP contribution in [0.3, 0.4) is 0 Å². The van der Waals surface area contributed by atoms with Crippen LogP contribution in [0.25, 0.3) is 10.2 Å². The first-order chi connectivity index (χ1) is 13.8. The Morgan fingerprint density at radius 1 is 1.28 bits per heavy atom. The Bertz CT molecular complexity index is 1130. The number of carbonyl (C=O) groups excluding carboxylic acids is 1. The molecule has 3 aromatic rings. The molecule has 1 aromatic carbocycles. The Hall–Kier alpha value is -2.12. The maximum atomic E-state index is 12.7. The molecule has 0 radical (unpaired) electrons. The van der Waals surface area contributed by atoms with Gasteiger partial charge < -0.3 is 5.32 Å². The number of aromatic nitrogens is 2. The Kier molecular flexibility index (Phi) is 5.53. The molecule has 152 valence electrons. The summed E-state index contributed by atoms with van der Waals surface area (Å²) in [6, 6.07) is 8.45. The minimum absolute atomic E-state index is 0.0274. The molecule has 5 nitrogen and oxygen atoms in total. The second kappa shape index (κ2) is 7.95. The average Bonchev–Trinajstić information content (AvgIpc) is 3.49. The number of aryl methyl sites for hydroxylation is 3. The second-order valence-corrected chi connectivity index (χ2v) is 9.95. The maximum Gasteiger partial charge on any atom is 0.262 e. The fourth-order valence-corrected chi connectivity index (χ4v) is 5.36. The highest BCUT2D eigenvalue weighted by atomic mass is 32.2. The minimum Gasteiger partial charge on any atom is -0.348 e. The molecule has 1 aliphatic rings. The standard InChI is InChI=1S/C22H25N3O2S2/c1-12-5-7-15(8-6-12)19(16-9-10-16)23-17(26)11-28-22-24-20-18(21(27)25(22)4)13(2)14(3)29-20/h5-8,16,19H,9-11H2,1-4H3,(H,23,26). The molecule has 0 saturated heterocycles. The third kappa shape index (κ3) is 4.12. The SMILES string of the molecule is Cc1ccc(C(NC(=O)CSc2nc3sc(C)c(C)c3c(=O)n2C)C2CC2)cc1. The first-order valence-electron chi connectivity index (χ1n) is 9.80. The van der Waals surface area contributed by atoms with Crippen molar-refractivity contribution in [2.75, 3.05) is 5.75 Å². The van der Waals surface area contributed by atoms with Crippen LogP contribution in [0, 0.1) is 26.7 Å². The highest BCUT2D eigenvalue weighted by molar-refractivity contribution is 7.99. The number of rotatable bonds is 6. The van der Waals surface area contributed by atoms with Gasteiger partial charge in [-0.3, -0.25) is 14.2 Å². The quantitative estimate of drug-likeness (QED) is 0.471. The van der Waals surface area contributed by atoms with Gasteiger partial charge in [-0.05, 0) is 50.7 Å². The lowest BCUT2D eigenvalue weighted by atomic mass is 10.0. The van der Waals surface area contributed by atoms with Crippen LogP contribution in [0.1, 0.15) is 40.5 Å². The van der Waals surface area contributed by atoms with E-state index in [-0.39, 0.29) is 23.3 Å². The Morgan fingerprint density at radius 2 is 1.97 bits per heavy atom. The van der Waals surface area contributed by atoms with E-state index in [1.54, 1.807) is 11.6 Å². The summed E-state index contributed by atoms with van der Waals surface area (Å²) >= 11 is 2.85. The van der Waals surface area contributed by atoms with Gasteiger partial charge in [0.05, 0.1) is 17.2 Å². The predicted octanol–water partition coefficient (Wildman–Crippen LogP) is 4.28. The van der Waals surface area contributed by atoms with Gasteiger partial charge in [0, 0.05) is 11.9 Å². The van der Waals surface area contributed by atoms with Gasteiger partial charge in [-0.15, -0.1) is 11.3 Å². The van der Waals surface area contributed by atoms with Crippen LogP contribution in [0.5, 0.6) is 0 Å². The van der Waals surface area contributed by atoms with Crippen molar-refractivity contribution < 1.29 is 4.79 Å². The summed E-state index contributed by atoms with van der Waals surface area (Å²) in [7, 11) is 1.72. The van der Waals surface area contributed by atoms with Crippen LogP contribution in [-0.4, -0.2) is 21.2 Å². The second-order valence-electron chi connectivity index (χ2n) is 7.80. The number of thiophene rings is 1. The number of nitrogens with one attached hydrogen (secondary N) is 1. The third-order valence-electron chi connectivity index (χ3n) is 5.55. The van der Waals surface area contributed by atoms with Crippen LogP contribution in [0.4, 0.5) is 0 Å². The lowest BCUT2D eigenvalue weighted by Crippen LogP contribution is -2.31. The van der Waals surface area contributed by atoms with E-state index in [0.717, 1.165) is 33.7 Å². The predicted molar refractivity (Wildman–Crippen MR) is 120 cm³/mol. The topological polar surface area (TPSA) is 64.0 Å². The fourth-order valence-electron chi connectivity index (χ4n) is 3.51. The Labute approximate surface area is 178 Å². The van der Waals surface area contributed by atoms with Gasteiger partial charge in [-0.2, -0.15) is 0 Å². The van der Waals surface area contributed by atoms with Gasteiger partial charge in [0.15, 0.2) is 5.16 Å². The monoisotopic (exact) mass is 427 g/mol. The molecule has 1 unspecified atom stereocenters. The number of nitrogens with zero attached hydrogens (tertiary/aromatic N) is 2. The van der Waals surface area contributed by atoms with E-state index in [0.29, 0.717) is 16.5 Å². The third-order valence-corrected chi connectivity index (χ3v) is 7.68.